The summed E-state index contributed by atoms with van der Waals surface area (Å²) < 4.78 is 5.05. The van der Waals surface area contributed by atoms with E-state index in [1.807, 2.05) is 0 Å². The molecule has 0 bridgehead atoms. The molecule has 0 aliphatic heterocycles. The SMILES string of the molecule is C[C@@H](CC(=O)OC(C)(C)C)[C@H](N)C(=O)O. The number of hydrogen-bond acceptors (Lipinski definition) is 4. The van der Waals surface area contributed by atoms with Gasteiger partial charge in [0.25, 0.3) is 0 Å². The predicted molar refractivity (Wildman–Crippen MR) is 55.2 cm³/mol. The Morgan fingerprint density at radius 3 is 2.20 bits per heavy atom. The zero-order chi connectivity index (χ0) is 12.2. The van der Waals surface area contributed by atoms with Crippen LogP contribution in [0.25, 0.3) is 0 Å². The molecule has 0 aliphatic carbocycles. The number of rotatable bonds is 4. The molecule has 0 amide bonds. The molecule has 15 heavy (non-hydrogen) atoms. The van der Waals surface area contributed by atoms with Crippen molar-refractivity contribution >= 4 is 11.9 Å². The maximum Gasteiger partial charge on any atom is 0.320 e. The monoisotopic (exact) mass is 217 g/mol. The van der Waals surface area contributed by atoms with E-state index in [1.54, 1.807) is 27.7 Å². The van der Waals surface area contributed by atoms with Crippen molar-refractivity contribution in [3.63, 3.8) is 0 Å². The molecule has 0 aromatic rings. The number of esters is 1. The van der Waals surface area contributed by atoms with Gasteiger partial charge in [-0.05, 0) is 26.7 Å². The van der Waals surface area contributed by atoms with E-state index in [9.17, 15) is 9.59 Å². The number of aliphatic carboxylic acids is 1. The summed E-state index contributed by atoms with van der Waals surface area (Å²) in [6.07, 6.45) is 0.0186. The molecule has 3 N–H and O–H groups in total. The first-order chi connectivity index (χ1) is 6.63. The van der Waals surface area contributed by atoms with E-state index >= 15 is 0 Å². The smallest absolute Gasteiger partial charge is 0.320 e. The van der Waals surface area contributed by atoms with Gasteiger partial charge in [0.05, 0.1) is 6.42 Å². The molecule has 88 valence electrons. The van der Waals surface area contributed by atoms with Crippen LogP contribution in [-0.4, -0.2) is 28.7 Å². The zero-order valence-electron chi connectivity index (χ0n) is 9.61. The van der Waals surface area contributed by atoms with Crippen LogP contribution in [0.2, 0.25) is 0 Å². The lowest BCUT2D eigenvalue weighted by molar-refractivity contribution is -0.156. The maximum atomic E-state index is 11.3. The van der Waals surface area contributed by atoms with E-state index < -0.39 is 29.5 Å². The summed E-state index contributed by atoms with van der Waals surface area (Å²) in [4.78, 5) is 21.9. The first-order valence-electron chi connectivity index (χ1n) is 4.83. The van der Waals surface area contributed by atoms with E-state index in [0.29, 0.717) is 0 Å². The van der Waals surface area contributed by atoms with Crippen LogP contribution in [-0.2, 0) is 14.3 Å². The number of carbonyl (C=O) groups is 2. The van der Waals surface area contributed by atoms with E-state index in [-0.39, 0.29) is 6.42 Å². The molecule has 0 rings (SSSR count). The maximum absolute atomic E-state index is 11.3. The number of nitrogens with two attached hydrogens (primary N) is 1. The third-order valence-electron chi connectivity index (χ3n) is 1.81. The Morgan fingerprint density at radius 1 is 1.40 bits per heavy atom. The van der Waals surface area contributed by atoms with Gasteiger partial charge in [0.1, 0.15) is 11.6 Å². The number of ether oxygens (including phenoxy) is 1. The Hall–Kier alpha value is -1.10. The van der Waals surface area contributed by atoms with E-state index in [0.717, 1.165) is 0 Å². The molecule has 0 saturated heterocycles. The van der Waals surface area contributed by atoms with Crippen LogP contribution in [0.3, 0.4) is 0 Å². The molecule has 0 spiro atoms. The molecule has 0 aromatic carbocycles. The van der Waals surface area contributed by atoms with Gasteiger partial charge in [-0.3, -0.25) is 9.59 Å². The zero-order valence-corrected chi connectivity index (χ0v) is 9.61. The highest BCUT2D eigenvalue weighted by molar-refractivity contribution is 5.76. The highest BCUT2D eigenvalue weighted by Gasteiger charge is 2.25. The molecule has 0 radical (unpaired) electrons. The Morgan fingerprint density at radius 2 is 1.87 bits per heavy atom. The van der Waals surface area contributed by atoms with Crippen LogP contribution in [0.5, 0.6) is 0 Å². The number of carboxylic acid groups (broad SMARTS) is 1. The Balaban J connectivity index is 4.13. The fraction of sp³-hybridized carbons (Fsp3) is 0.800. The van der Waals surface area contributed by atoms with Gasteiger partial charge in [0.2, 0.25) is 0 Å². The van der Waals surface area contributed by atoms with Crippen molar-refractivity contribution < 1.29 is 19.4 Å². The molecule has 0 saturated carbocycles. The van der Waals surface area contributed by atoms with Crippen molar-refractivity contribution in [2.45, 2.75) is 45.8 Å². The summed E-state index contributed by atoms with van der Waals surface area (Å²) in [6, 6.07) is -1.03. The van der Waals surface area contributed by atoms with Crippen molar-refractivity contribution in [1.82, 2.24) is 0 Å². The van der Waals surface area contributed by atoms with E-state index in [2.05, 4.69) is 0 Å². The molecular weight excluding hydrogens is 198 g/mol. The molecule has 0 unspecified atom stereocenters. The van der Waals surface area contributed by atoms with Crippen LogP contribution in [0.15, 0.2) is 0 Å². The summed E-state index contributed by atoms with van der Waals surface area (Å²) in [5.74, 6) is -1.96. The minimum atomic E-state index is -1.11. The summed E-state index contributed by atoms with van der Waals surface area (Å²) in [5.41, 5.74) is 4.81. The van der Waals surface area contributed by atoms with Gasteiger partial charge >= 0.3 is 11.9 Å². The van der Waals surface area contributed by atoms with Gasteiger partial charge in [-0.25, -0.2) is 0 Å². The summed E-state index contributed by atoms with van der Waals surface area (Å²) in [6.45, 7) is 6.88. The van der Waals surface area contributed by atoms with Crippen molar-refractivity contribution in [2.24, 2.45) is 11.7 Å². The van der Waals surface area contributed by atoms with Crippen LogP contribution in [0.1, 0.15) is 34.1 Å². The highest BCUT2D eigenvalue weighted by Crippen LogP contribution is 2.13. The van der Waals surface area contributed by atoms with Crippen molar-refractivity contribution in [2.75, 3.05) is 0 Å². The quantitative estimate of drug-likeness (QED) is 0.679. The third-order valence-corrected chi connectivity index (χ3v) is 1.81. The molecule has 5 nitrogen and oxygen atoms in total. The van der Waals surface area contributed by atoms with Crippen LogP contribution < -0.4 is 5.73 Å². The van der Waals surface area contributed by atoms with Crippen LogP contribution in [0.4, 0.5) is 0 Å². The summed E-state index contributed by atoms with van der Waals surface area (Å²) in [7, 11) is 0. The fourth-order valence-corrected chi connectivity index (χ4v) is 1.02. The summed E-state index contributed by atoms with van der Waals surface area (Å²) in [5, 5.41) is 8.62. The predicted octanol–water partition coefficient (Wildman–Crippen LogP) is 0.766. The van der Waals surface area contributed by atoms with E-state index in [1.165, 1.54) is 0 Å². The lowest BCUT2D eigenvalue weighted by Crippen LogP contribution is -2.38. The van der Waals surface area contributed by atoms with Gasteiger partial charge in [-0.15, -0.1) is 0 Å². The molecule has 0 heterocycles. The van der Waals surface area contributed by atoms with Crippen LogP contribution in [0, 0.1) is 5.92 Å². The Bertz CT molecular complexity index is 244. The minimum absolute atomic E-state index is 0.0186. The molecule has 2 atom stereocenters. The van der Waals surface area contributed by atoms with Crippen molar-refractivity contribution in [3.05, 3.63) is 0 Å². The lowest BCUT2D eigenvalue weighted by Gasteiger charge is -2.21. The van der Waals surface area contributed by atoms with Crippen molar-refractivity contribution in [3.8, 4) is 0 Å². The minimum Gasteiger partial charge on any atom is -0.480 e. The molecule has 5 heteroatoms. The molecule has 0 aliphatic rings. The van der Waals surface area contributed by atoms with Gasteiger partial charge in [0.15, 0.2) is 0 Å². The summed E-state index contributed by atoms with van der Waals surface area (Å²) >= 11 is 0. The fourth-order valence-electron chi connectivity index (χ4n) is 1.02. The van der Waals surface area contributed by atoms with Gasteiger partial charge in [0, 0.05) is 0 Å². The first-order valence-corrected chi connectivity index (χ1v) is 4.83. The number of carboxylic acids is 1. The Kier molecular flexibility index (Phi) is 4.74. The number of carbonyl (C=O) groups excluding carboxylic acids is 1. The normalized spacial score (nSPS) is 15.5. The lowest BCUT2D eigenvalue weighted by atomic mass is 9.99. The molecule has 0 aromatic heterocycles. The van der Waals surface area contributed by atoms with Gasteiger partial charge in [-0.2, -0.15) is 0 Å². The average molecular weight is 217 g/mol. The second-order valence-corrected chi connectivity index (χ2v) is 4.63. The van der Waals surface area contributed by atoms with Crippen molar-refractivity contribution in [1.29, 1.82) is 0 Å². The second-order valence-electron chi connectivity index (χ2n) is 4.63. The molecule has 0 fully saturated rings. The average Bonchev–Trinajstić information content (AvgIpc) is 1.98. The highest BCUT2D eigenvalue weighted by atomic mass is 16.6. The largest absolute Gasteiger partial charge is 0.480 e. The number of hydrogen-bond donors (Lipinski definition) is 2. The topological polar surface area (TPSA) is 89.6 Å². The van der Waals surface area contributed by atoms with E-state index in [4.69, 9.17) is 15.6 Å². The third kappa shape index (κ3) is 6.06. The van der Waals surface area contributed by atoms with Gasteiger partial charge in [-0.1, -0.05) is 6.92 Å². The first kappa shape index (κ1) is 13.9. The van der Waals surface area contributed by atoms with Crippen LogP contribution >= 0.6 is 0 Å². The molecular formula is C10H19NO4. The van der Waals surface area contributed by atoms with Gasteiger partial charge < -0.3 is 15.6 Å². The second kappa shape index (κ2) is 5.11. The Labute approximate surface area is 89.6 Å². The standard InChI is InChI=1S/C10H19NO4/c1-6(8(11)9(13)14)5-7(12)15-10(2,3)4/h6,8H,5,11H2,1-4H3,(H,13,14)/t6-,8-/m0/s1.